The fraction of sp³-hybridized carbons (Fsp3) is 0.310. The van der Waals surface area contributed by atoms with Crippen LogP contribution in [0.2, 0.25) is 0 Å². The average molecular weight is 536 g/mol. The van der Waals surface area contributed by atoms with Gasteiger partial charge < -0.3 is 15.4 Å². The lowest BCUT2D eigenvalue weighted by molar-refractivity contribution is 0.0730. The van der Waals surface area contributed by atoms with Gasteiger partial charge in [0.25, 0.3) is 11.8 Å². The SMILES string of the molecule is Cc1ccc(S(=O)(=O)N2CCOCC2)cc1C(=O)Nc1cccc(NC(=O)c2ccc(C(C)(C)C)cc2)c1. The van der Waals surface area contributed by atoms with Gasteiger partial charge in [-0.1, -0.05) is 45.0 Å². The number of hydrogen-bond acceptors (Lipinski definition) is 5. The Bertz CT molecular complexity index is 1440. The fourth-order valence-corrected chi connectivity index (χ4v) is 5.57. The molecule has 1 fully saturated rings. The van der Waals surface area contributed by atoms with Crippen molar-refractivity contribution < 1.29 is 22.7 Å². The molecule has 0 atom stereocenters. The summed E-state index contributed by atoms with van der Waals surface area (Å²) in [5.74, 6) is -0.700. The highest BCUT2D eigenvalue weighted by atomic mass is 32.2. The lowest BCUT2D eigenvalue weighted by Gasteiger charge is -2.26. The second-order valence-electron chi connectivity index (χ2n) is 10.3. The van der Waals surface area contributed by atoms with E-state index in [-0.39, 0.29) is 34.9 Å². The molecular weight excluding hydrogens is 502 g/mol. The Labute approximate surface area is 224 Å². The molecule has 3 aromatic carbocycles. The molecular formula is C29H33N3O5S. The quantitative estimate of drug-likeness (QED) is 0.471. The van der Waals surface area contributed by atoms with E-state index in [0.717, 1.165) is 5.56 Å². The maximum Gasteiger partial charge on any atom is 0.255 e. The van der Waals surface area contributed by atoms with Gasteiger partial charge in [0.1, 0.15) is 0 Å². The molecule has 2 N–H and O–H groups in total. The molecule has 9 heteroatoms. The molecule has 1 aliphatic heterocycles. The summed E-state index contributed by atoms with van der Waals surface area (Å²) in [7, 11) is -3.74. The van der Waals surface area contributed by atoms with E-state index in [0.29, 0.717) is 35.7 Å². The van der Waals surface area contributed by atoms with Crippen molar-refractivity contribution in [2.24, 2.45) is 0 Å². The van der Waals surface area contributed by atoms with Crippen molar-refractivity contribution in [1.82, 2.24) is 4.31 Å². The first kappa shape index (κ1) is 27.5. The fourth-order valence-electron chi connectivity index (χ4n) is 4.14. The van der Waals surface area contributed by atoms with Crippen molar-refractivity contribution >= 4 is 33.2 Å². The van der Waals surface area contributed by atoms with Crippen LogP contribution in [0.3, 0.4) is 0 Å². The summed E-state index contributed by atoms with van der Waals surface area (Å²) in [6.07, 6.45) is 0. The largest absolute Gasteiger partial charge is 0.379 e. The predicted octanol–water partition coefficient (Wildman–Crippen LogP) is 4.82. The number of hydrogen-bond donors (Lipinski definition) is 2. The molecule has 3 aromatic rings. The number of benzene rings is 3. The Balaban J connectivity index is 1.48. The number of anilines is 2. The zero-order chi connectivity index (χ0) is 27.5. The maximum atomic E-state index is 13.1. The van der Waals surface area contributed by atoms with Crippen LogP contribution in [0.25, 0.3) is 0 Å². The van der Waals surface area contributed by atoms with Gasteiger partial charge in [0.05, 0.1) is 18.1 Å². The predicted molar refractivity (Wildman–Crippen MR) is 148 cm³/mol. The van der Waals surface area contributed by atoms with Gasteiger partial charge >= 0.3 is 0 Å². The van der Waals surface area contributed by atoms with Crippen LogP contribution in [0, 0.1) is 6.92 Å². The average Bonchev–Trinajstić information content (AvgIpc) is 2.89. The normalized spacial score (nSPS) is 14.6. The summed E-state index contributed by atoms with van der Waals surface area (Å²) in [5.41, 5.74) is 3.55. The van der Waals surface area contributed by atoms with E-state index in [1.165, 1.54) is 16.4 Å². The van der Waals surface area contributed by atoms with E-state index in [2.05, 4.69) is 31.4 Å². The highest BCUT2D eigenvalue weighted by Crippen LogP contribution is 2.24. The van der Waals surface area contributed by atoms with E-state index in [4.69, 9.17) is 4.74 Å². The number of morpholine rings is 1. The van der Waals surface area contributed by atoms with E-state index in [1.54, 1.807) is 49.4 Å². The highest BCUT2D eigenvalue weighted by molar-refractivity contribution is 7.89. The minimum atomic E-state index is -3.74. The molecule has 4 rings (SSSR count). The Morgan fingerprint density at radius 1 is 0.842 bits per heavy atom. The molecule has 0 bridgehead atoms. The minimum Gasteiger partial charge on any atom is -0.379 e. The van der Waals surface area contributed by atoms with Crippen LogP contribution in [-0.2, 0) is 20.2 Å². The minimum absolute atomic E-state index is 0.00783. The molecule has 2 amide bonds. The number of sulfonamides is 1. The zero-order valence-corrected chi connectivity index (χ0v) is 22.9. The highest BCUT2D eigenvalue weighted by Gasteiger charge is 2.27. The Morgan fingerprint density at radius 3 is 2.05 bits per heavy atom. The Kier molecular flexibility index (Phi) is 8.01. The van der Waals surface area contributed by atoms with E-state index in [9.17, 15) is 18.0 Å². The number of amides is 2. The van der Waals surface area contributed by atoms with Crippen LogP contribution in [0.4, 0.5) is 11.4 Å². The van der Waals surface area contributed by atoms with Gasteiger partial charge in [-0.2, -0.15) is 4.31 Å². The second kappa shape index (κ2) is 11.1. The van der Waals surface area contributed by atoms with Gasteiger partial charge in [0, 0.05) is 35.6 Å². The number of aryl methyl sites for hydroxylation is 1. The maximum absolute atomic E-state index is 13.1. The van der Waals surface area contributed by atoms with Crippen molar-refractivity contribution in [2.45, 2.75) is 38.0 Å². The van der Waals surface area contributed by atoms with Gasteiger partial charge in [-0.15, -0.1) is 0 Å². The molecule has 0 saturated carbocycles. The van der Waals surface area contributed by atoms with Crippen molar-refractivity contribution in [3.8, 4) is 0 Å². The molecule has 1 saturated heterocycles. The number of nitrogens with one attached hydrogen (secondary N) is 2. The third-order valence-corrected chi connectivity index (χ3v) is 8.35. The summed E-state index contributed by atoms with van der Waals surface area (Å²) in [4.78, 5) is 26.0. The topological polar surface area (TPSA) is 105 Å². The lowest BCUT2D eigenvalue weighted by Crippen LogP contribution is -2.40. The number of ether oxygens (including phenoxy) is 1. The molecule has 0 spiro atoms. The first-order chi connectivity index (χ1) is 17.9. The van der Waals surface area contributed by atoms with Crippen LogP contribution in [-0.4, -0.2) is 50.8 Å². The van der Waals surface area contributed by atoms with Gasteiger partial charge in [-0.25, -0.2) is 8.42 Å². The van der Waals surface area contributed by atoms with Crippen molar-refractivity contribution in [2.75, 3.05) is 36.9 Å². The molecule has 38 heavy (non-hydrogen) atoms. The van der Waals surface area contributed by atoms with Crippen molar-refractivity contribution in [3.63, 3.8) is 0 Å². The molecule has 0 aliphatic carbocycles. The third kappa shape index (κ3) is 6.30. The van der Waals surface area contributed by atoms with Crippen molar-refractivity contribution in [3.05, 3.63) is 89.0 Å². The summed E-state index contributed by atoms with van der Waals surface area (Å²) in [5, 5.41) is 5.68. The third-order valence-electron chi connectivity index (χ3n) is 6.45. The van der Waals surface area contributed by atoms with E-state index < -0.39 is 15.9 Å². The number of rotatable bonds is 6. The van der Waals surface area contributed by atoms with Crippen LogP contribution in [0.5, 0.6) is 0 Å². The van der Waals surface area contributed by atoms with Crippen LogP contribution in [0.15, 0.2) is 71.6 Å². The molecule has 0 unspecified atom stereocenters. The lowest BCUT2D eigenvalue weighted by atomic mass is 9.87. The van der Waals surface area contributed by atoms with Gasteiger partial charge in [-0.05, 0) is 65.9 Å². The monoisotopic (exact) mass is 535 g/mol. The molecule has 200 valence electrons. The number of nitrogens with zero attached hydrogens (tertiary/aromatic N) is 1. The van der Waals surface area contributed by atoms with Crippen LogP contribution >= 0.6 is 0 Å². The zero-order valence-electron chi connectivity index (χ0n) is 22.1. The summed E-state index contributed by atoms with van der Waals surface area (Å²) in [6.45, 7) is 9.32. The van der Waals surface area contributed by atoms with E-state index in [1.807, 2.05) is 12.1 Å². The first-order valence-corrected chi connectivity index (χ1v) is 13.9. The Morgan fingerprint density at radius 2 is 1.45 bits per heavy atom. The molecule has 1 heterocycles. The second-order valence-corrected chi connectivity index (χ2v) is 12.2. The van der Waals surface area contributed by atoms with Gasteiger partial charge in [0.2, 0.25) is 10.0 Å². The molecule has 0 radical (unpaired) electrons. The van der Waals surface area contributed by atoms with Gasteiger partial charge in [0.15, 0.2) is 0 Å². The molecule has 0 aromatic heterocycles. The van der Waals surface area contributed by atoms with E-state index >= 15 is 0 Å². The molecule has 8 nitrogen and oxygen atoms in total. The van der Waals surface area contributed by atoms with Crippen LogP contribution in [0.1, 0.15) is 52.6 Å². The Hall–Kier alpha value is -3.53. The molecule has 1 aliphatic rings. The van der Waals surface area contributed by atoms with Gasteiger partial charge in [-0.3, -0.25) is 9.59 Å². The summed E-state index contributed by atoms with van der Waals surface area (Å²) < 4.78 is 32.7. The van der Waals surface area contributed by atoms with Crippen molar-refractivity contribution in [1.29, 1.82) is 0 Å². The summed E-state index contributed by atoms with van der Waals surface area (Å²) in [6, 6.07) is 18.8. The first-order valence-electron chi connectivity index (χ1n) is 12.5. The number of carbonyl (C=O) groups excluding carboxylic acids is 2. The smallest absolute Gasteiger partial charge is 0.255 e. The van der Waals surface area contributed by atoms with Crippen LogP contribution < -0.4 is 10.6 Å². The number of carbonyl (C=O) groups is 2. The standard InChI is InChI=1S/C29H33N3O5S/c1-20-8-13-25(38(35,36)32-14-16-37-17-15-32)19-26(20)28(34)31-24-7-5-6-23(18-24)30-27(33)21-9-11-22(12-10-21)29(2,3)4/h5-13,18-19H,14-17H2,1-4H3,(H,30,33)(H,31,34). The summed E-state index contributed by atoms with van der Waals surface area (Å²) >= 11 is 0.